The molecule has 5 heterocycles. The second-order valence-electron chi connectivity index (χ2n) is 27.1. The molecule has 14 unspecified atom stereocenters. The normalized spacial score (nSPS) is 35.5. The van der Waals surface area contributed by atoms with Crippen molar-refractivity contribution in [2.45, 2.75) is 221 Å². The third kappa shape index (κ3) is 27.7. The Morgan fingerprint density at radius 3 is 1.88 bits per heavy atom. The summed E-state index contributed by atoms with van der Waals surface area (Å²) in [5.41, 5.74) is 1.30. The number of esters is 1. The number of benzene rings is 1. The second kappa shape index (κ2) is 41.9. The quantitative estimate of drug-likeness (QED) is 0.0788. The summed E-state index contributed by atoms with van der Waals surface area (Å²) in [6.07, 6.45) is 5.58. The molecule has 0 saturated carbocycles. The van der Waals surface area contributed by atoms with Crippen molar-refractivity contribution >= 4 is 35.0 Å². The molecule has 25 heteroatoms. The number of likely N-dealkylation sites (tertiary alicyclic amines) is 1. The van der Waals surface area contributed by atoms with Gasteiger partial charge in [-0.05, 0) is 95.1 Å². The summed E-state index contributed by atoms with van der Waals surface area (Å²) < 4.78 is 25.0. The number of fused-ring (bicyclic) bond motifs is 2. The fourth-order valence-corrected chi connectivity index (χ4v) is 13.4. The Morgan fingerprint density at radius 1 is 0.673 bits per heavy atom. The number of ketones is 2. The zero-order valence-corrected chi connectivity index (χ0v) is 57.4. The van der Waals surface area contributed by atoms with Gasteiger partial charge in [0.1, 0.15) is 24.1 Å². The second-order valence-corrected chi connectivity index (χ2v) is 27.1. The van der Waals surface area contributed by atoms with Crippen LogP contribution in [0.3, 0.4) is 0 Å². The van der Waals surface area contributed by atoms with Crippen LogP contribution in [0.5, 0.6) is 0 Å². The minimum absolute atomic E-state index is 0.0802. The van der Waals surface area contributed by atoms with Crippen molar-refractivity contribution in [1.29, 1.82) is 0 Å². The molecule has 5 aliphatic heterocycles. The number of carbonyl (C=O) groups is 5. The Morgan fingerprint density at radius 2 is 1.26 bits per heavy atom. The molecule has 0 radical (unpaired) electrons. The van der Waals surface area contributed by atoms with Crippen LogP contribution in [0.15, 0.2) is 109 Å². The summed E-state index contributed by atoms with van der Waals surface area (Å²) in [6.45, 7) is 9.19. The van der Waals surface area contributed by atoms with E-state index in [0.717, 1.165) is 38.0 Å². The van der Waals surface area contributed by atoms with Gasteiger partial charge in [-0.2, -0.15) is 0 Å². The van der Waals surface area contributed by atoms with E-state index in [2.05, 4.69) is 15.5 Å². The molecule has 6 rings (SSSR count). The number of amides is 2. The summed E-state index contributed by atoms with van der Waals surface area (Å²) in [7, 11) is 1.77. The van der Waals surface area contributed by atoms with E-state index in [0.29, 0.717) is 38.2 Å². The van der Waals surface area contributed by atoms with Gasteiger partial charge in [-0.15, -0.1) is 0 Å². The van der Waals surface area contributed by atoms with E-state index in [1.165, 1.54) is 0 Å². The van der Waals surface area contributed by atoms with Gasteiger partial charge in [-0.3, -0.25) is 28.9 Å². The Kier molecular flexibility index (Phi) is 34.8. The van der Waals surface area contributed by atoms with Gasteiger partial charge >= 0.3 is 5.97 Å². The Labute approximate surface area is 576 Å². The van der Waals surface area contributed by atoms with E-state index in [1.807, 2.05) is 24.8 Å². The molecule has 98 heavy (non-hydrogen) atoms. The molecule has 0 aliphatic carbocycles. The zero-order valence-electron chi connectivity index (χ0n) is 57.4. The number of piperidine rings is 1. The van der Waals surface area contributed by atoms with Crippen molar-refractivity contribution < 1.29 is 99.1 Å². The van der Waals surface area contributed by atoms with Crippen molar-refractivity contribution in [2.75, 3.05) is 71.3 Å². The van der Waals surface area contributed by atoms with Gasteiger partial charge in [0, 0.05) is 108 Å². The SMILES string of the molecule is CNc1ccc(C(=O)CC(O)CCC(C)C2OC(=O)CC(O)CC(=O)CC(O)CC(O)CC(O)CC(O)CC3(O)CC(O)C(C(=O)N4CCN(CCO)CC4)C(CC(O[C@@H]4O[C@H](C)[C@@H](O)[C@H](NC(=O)CCN5CCCCC5)[C@@H]4O)/C=C/C=C/C=C/C=C\C=C/C=C/C=C/C2C)O3)cc1. The average Bonchev–Trinajstić information content (AvgIpc) is 0.773. The molecular weight excluding hydrogens is 1270 g/mol. The molecular formula is C73H111N5O20. The zero-order chi connectivity index (χ0) is 71.3. The minimum atomic E-state index is -2.34. The number of rotatable bonds is 17. The van der Waals surface area contributed by atoms with Gasteiger partial charge in [0.15, 0.2) is 17.9 Å². The predicted octanol–water partition coefficient (Wildman–Crippen LogP) is 2.83. The van der Waals surface area contributed by atoms with Crippen molar-refractivity contribution in [2.24, 2.45) is 17.8 Å². The smallest absolute Gasteiger partial charge is 0.308 e. The molecule has 5 aliphatic rings. The number of aliphatic hydroxyl groups excluding tert-OH is 10. The van der Waals surface area contributed by atoms with Crippen LogP contribution in [0.4, 0.5) is 5.69 Å². The lowest BCUT2D eigenvalue weighted by atomic mass is 9.81. The first-order chi connectivity index (χ1) is 46.8. The third-order valence-electron chi connectivity index (χ3n) is 18.8. The number of nitrogens with one attached hydrogen (secondary N) is 2. The number of carbonyl (C=O) groups excluding carboxylic acids is 5. The molecule has 1 aromatic rings. The van der Waals surface area contributed by atoms with Crippen LogP contribution in [0.2, 0.25) is 0 Å². The number of ether oxygens (including phenoxy) is 4. The van der Waals surface area contributed by atoms with Gasteiger partial charge in [0.25, 0.3) is 0 Å². The summed E-state index contributed by atoms with van der Waals surface area (Å²) in [6, 6.07) is 5.70. The summed E-state index contributed by atoms with van der Waals surface area (Å²) >= 11 is 0. The third-order valence-corrected chi connectivity index (χ3v) is 18.8. The fraction of sp³-hybridized carbons (Fsp3) is 0.658. The van der Waals surface area contributed by atoms with Crippen LogP contribution in [0.1, 0.15) is 134 Å². The van der Waals surface area contributed by atoms with Gasteiger partial charge in [-0.25, -0.2) is 0 Å². The Hall–Kier alpha value is -5.69. The monoisotopic (exact) mass is 1380 g/mol. The lowest BCUT2D eigenvalue weighted by Crippen LogP contribution is -2.64. The van der Waals surface area contributed by atoms with E-state index in [4.69, 9.17) is 18.9 Å². The number of Topliss-reactive ketones (excluding diaryl/α,β-unsaturated/α-hetero) is 2. The minimum Gasteiger partial charge on any atom is -0.461 e. The highest BCUT2D eigenvalue weighted by Gasteiger charge is 2.52. The van der Waals surface area contributed by atoms with Crippen molar-refractivity contribution in [1.82, 2.24) is 20.0 Å². The lowest BCUT2D eigenvalue weighted by molar-refractivity contribution is -0.308. The molecule has 25 nitrogen and oxygen atoms in total. The van der Waals surface area contributed by atoms with Crippen LogP contribution in [0.25, 0.3) is 0 Å². The van der Waals surface area contributed by atoms with Crippen LogP contribution in [-0.4, -0.2) is 264 Å². The van der Waals surface area contributed by atoms with Crippen LogP contribution in [-0.2, 0) is 38.1 Å². The lowest BCUT2D eigenvalue weighted by Gasteiger charge is -2.47. The van der Waals surface area contributed by atoms with E-state index in [9.17, 15) is 80.1 Å². The number of aliphatic hydroxyl groups is 11. The maximum absolute atomic E-state index is 14.7. The highest BCUT2D eigenvalue weighted by molar-refractivity contribution is 5.96. The molecule has 2 bridgehead atoms. The highest BCUT2D eigenvalue weighted by atomic mass is 16.7. The van der Waals surface area contributed by atoms with Crippen LogP contribution < -0.4 is 10.6 Å². The number of nitrogens with zero attached hydrogens (tertiary/aromatic N) is 3. The van der Waals surface area contributed by atoms with E-state index < -0.39 is 172 Å². The average molecular weight is 1380 g/mol. The number of hydrogen-bond acceptors (Lipinski definition) is 23. The first-order valence-corrected chi connectivity index (χ1v) is 35.0. The van der Waals surface area contributed by atoms with Crippen molar-refractivity contribution in [3.05, 3.63) is 115 Å². The topological polar surface area (TPSA) is 379 Å². The first-order valence-electron chi connectivity index (χ1n) is 35.0. The summed E-state index contributed by atoms with van der Waals surface area (Å²) in [4.78, 5) is 73.5. The molecule has 2 amide bonds. The van der Waals surface area contributed by atoms with Gasteiger partial charge in [-0.1, -0.05) is 105 Å². The van der Waals surface area contributed by atoms with Gasteiger partial charge in [0.05, 0.1) is 86.0 Å². The maximum atomic E-state index is 14.7. The molecule has 548 valence electrons. The Bertz CT molecular complexity index is 2820. The van der Waals surface area contributed by atoms with Crippen molar-refractivity contribution in [3.8, 4) is 0 Å². The van der Waals surface area contributed by atoms with E-state index >= 15 is 0 Å². The fourth-order valence-electron chi connectivity index (χ4n) is 13.4. The number of piperazine rings is 1. The summed E-state index contributed by atoms with van der Waals surface area (Å²) in [5.74, 6) is -6.90. The molecule has 1 aromatic carbocycles. The summed E-state index contributed by atoms with van der Waals surface area (Å²) in [5, 5.41) is 129. The molecule has 0 spiro atoms. The highest BCUT2D eigenvalue weighted by Crippen LogP contribution is 2.39. The van der Waals surface area contributed by atoms with Gasteiger partial charge < -0.3 is 95.6 Å². The Balaban J connectivity index is 1.23. The molecule has 13 N–H and O–H groups in total. The van der Waals surface area contributed by atoms with Gasteiger partial charge in [0.2, 0.25) is 11.8 Å². The largest absolute Gasteiger partial charge is 0.461 e. The molecule has 4 fully saturated rings. The predicted molar refractivity (Wildman–Crippen MR) is 366 cm³/mol. The first kappa shape index (κ1) is 81.3. The van der Waals surface area contributed by atoms with E-state index in [-0.39, 0.29) is 68.9 Å². The molecule has 0 aromatic heterocycles. The maximum Gasteiger partial charge on any atom is 0.308 e. The number of allylic oxidation sites excluding steroid dienone is 12. The number of cyclic esters (lactones) is 1. The number of hydrogen-bond donors (Lipinski definition) is 13. The molecule has 19 atom stereocenters. The van der Waals surface area contributed by atoms with Crippen molar-refractivity contribution in [3.63, 3.8) is 0 Å². The molecule has 4 saturated heterocycles. The van der Waals surface area contributed by atoms with Crippen LogP contribution in [0, 0.1) is 17.8 Å². The van der Waals surface area contributed by atoms with E-state index in [1.54, 1.807) is 122 Å². The number of anilines is 1. The number of β-amino-alcohol motifs (C(OH)–C–C–N with tert-alkyl or cyclic N) is 1. The standard InChI is InChI=1S/C73H111N5O20/c1-48-20-16-13-11-9-7-5-6-8-10-12-14-17-21-60(96-72-69(92)67(68(91)50(3)95-72)75-64(89)28-31-76-29-18-15-19-30-76)45-63-66(71(93)78-34-32-77(33-35-78)36-37-79)62(88)47-73(94,98-63)46-59(86)42-57(84)40-55(82)38-54(81)39-56(83)41-58(85)44-65(90)97-70(48)49(2)22-27-53(80)43-61(87)51-23-25-52(74-4)26-24-51/h5-14,16-17,20-21,23-26,48-50,53-55,57-60,62-63,66-70,72,74,79-82,84-86,88,91-92,94H,15,18-19,22,27-47H2,1-4H3,(H,75,89)/b6-5-,9-7-,10-8+,13-11+,14-12+,20-16+,21-17+/t48?,49?,50-,53?,54?,55?,57?,58?,59?,60?,62?,63?,66?,67+,68-,69+,70?,72+,73?/m1/s1. The van der Waals surface area contributed by atoms with Crippen LogP contribution >= 0.6 is 0 Å².